The molecular weight excluding hydrogens is 350 g/mol. The SMILES string of the molecule is Cc1ccc(NC(=O)c2cc(S(=O)(=O)N3CCCCC3)ccc2C)nc1. The van der Waals surface area contributed by atoms with Crippen LogP contribution in [0.1, 0.15) is 40.7 Å². The monoisotopic (exact) mass is 373 g/mol. The third kappa shape index (κ3) is 3.94. The van der Waals surface area contributed by atoms with Crippen molar-refractivity contribution in [3.8, 4) is 0 Å². The van der Waals surface area contributed by atoms with Crippen LogP contribution in [-0.4, -0.2) is 36.7 Å². The Morgan fingerprint density at radius 2 is 1.81 bits per heavy atom. The van der Waals surface area contributed by atoms with E-state index >= 15 is 0 Å². The third-order valence-electron chi connectivity index (χ3n) is 4.56. The van der Waals surface area contributed by atoms with Gasteiger partial charge in [0.05, 0.1) is 4.90 Å². The summed E-state index contributed by atoms with van der Waals surface area (Å²) in [6.45, 7) is 4.77. The standard InChI is InChI=1S/C19H23N3O3S/c1-14-6-9-18(20-13-14)21-19(23)17-12-16(8-7-15(17)2)26(24,25)22-10-4-3-5-11-22/h6-9,12-13H,3-5,10-11H2,1-2H3,(H,20,21,23). The van der Waals surface area contributed by atoms with Gasteiger partial charge in [0.1, 0.15) is 5.82 Å². The van der Waals surface area contributed by atoms with Crippen molar-refractivity contribution in [2.75, 3.05) is 18.4 Å². The minimum atomic E-state index is -3.58. The number of carbonyl (C=O) groups is 1. The van der Waals surface area contributed by atoms with Crippen LogP contribution < -0.4 is 5.32 Å². The number of hydrogen-bond acceptors (Lipinski definition) is 4. The number of anilines is 1. The smallest absolute Gasteiger partial charge is 0.257 e. The van der Waals surface area contributed by atoms with E-state index in [1.807, 2.05) is 13.0 Å². The fraction of sp³-hybridized carbons (Fsp3) is 0.368. The van der Waals surface area contributed by atoms with Crippen LogP contribution in [0.2, 0.25) is 0 Å². The maximum atomic E-state index is 12.9. The average molecular weight is 373 g/mol. The number of sulfonamides is 1. The molecule has 138 valence electrons. The number of carbonyl (C=O) groups excluding carboxylic acids is 1. The first-order chi connectivity index (χ1) is 12.4. The van der Waals surface area contributed by atoms with Gasteiger partial charge in [-0.3, -0.25) is 4.79 Å². The highest BCUT2D eigenvalue weighted by Crippen LogP contribution is 2.23. The van der Waals surface area contributed by atoms with Gasteiger partial charge >= 0.3 is 0 Å². The number of nitrogens with zero attached hydrogens (tertiary/aromatic N) is 2. The van der Waals surface area contributed by atoms with E-state index < -0.39 is 10.0 Å². The van der Waals surface area contributed by atoms with Gasteiger partial charge in [0, 0.05) is 24.8 Å². The molecule has 2 aromatic rings. The van der Waals surface area contributed by atoms with Crippen LogP contribution in [0.5, 0.6) is 0 Å². The molecular formula is C19H23N3O3S. The van der Waals surface area contributed by atoms with Gasteiger partial charge in [0.15, 0.2) is 0 Å². The third-order valence-corrected chi connectivity index (χ3v) is 6.45. The fourth-order valence-electron chi connectivity index (χ4n) is 2.99. The predicted molar refractivity (Wildman–Crippen MR) is 101 cm³/mol. The van der Waals surface area contributed by atoms with Crippen LogP contribution >= 0.6 is 0 Å². The number of rotatable bonds is 4. The molecule has 0 bridgehead atoms. The molecule has 26 heavy (non-hydrogen) atoms. The summed E-state index contributed by atoms with van der Waals surface area (Å²) in [5, 5.41) is 2.73. The van der Waals surface area contributed by atoms with Crippen LogP contribution in [0, 0.1) is 13.8 Å². The Hall–Kier alpha value is -2.25. The number of aromatic nitrogens is 1. The second-order valence-corrected chi connectivity index (χ2v) is 8.55. The second-order valence-electron chi connectivity index (χ2n) is 6.62. The second kappa shape index (κ2) is 7.55. The van der Waals surface area contributed by atoms with Gasteiger partial charge in [-0.15, -0.1) is 0 Å². The van der Waals surface area contributed by atoms with E-state index in [2.05, 4.69) is 10.3 Å². The van der Waals surface area contributed by atoms with Crippen molar-refractivity contribution in [2.24, 2.45) is 0 Å². The summed E-state index contributed by atoms with van der Waals surface area (Å²) in [4.78, 5) is 16.9. The molecule has 1 fully saturated rings. The van der Waals surface area contributed by atoms with E-state index in [0.29, 0.717) is 30.0 Å². The van der Waals surface area contributed by atoms with E-state index in [0.717, 1.165) is 24.8 Å². The molecule has 0 atom stereocenters. The number of nitrogens with one attached hydrogen (secondary N) is 1. The molecule has 6 nitrogen and oxygen atoms in total. The number of pyridine rings is 1. The van der Waals surface area contributed by atoms with E-state index in [4.69, 9.17) is 0 Å². The number of benzene rings is 1. The highest BCUT2D eigenvalue weighted by Gasteiger charge is 2.27. The molecule has 0 saturated carbocycles. The molecule has 0 spiro atoms. The van der Waals surface area contributed by atoms with Gasteiger partial charge < -0.3 is 5.32 Å². The fourth-order valence-corrected chi connectivity index (χ4v) is 4.53. The number of aryl methyl sites for hydroxylation is 2. The summed E-state index contributed by atoms with van der Waals surface area (Å²) in [5.41, 5.74) is 2.05. The van der Waals surface area contributed by atoms with E-state index in [9.17, 15) is 13.2 Å². The van der Waals surface area contributed by atoms with Crippen LogP contribution in [0.3, 0.4) is 0 Å². The van der Waals surface area contributed by atoms with Crippen molar-refractivity contribution >= 4 is 21.7 Å². The molecule has 1 amide bonds. The van der Waals surface area contributed by atoms with Gasteiger partial charge in [0.25, 0.3) is 5.91 Å². The lowest BCUT2D eigenvalue weighted by Crippen LogP contribution is -2.35. The summed E-state index contributed by atoms with van der Waals surface area (Å²) in [5.74, 6) is 0.0684. The molecule has 1 aromatic carbocycles. The zero-order valence-electron chi connectivity index (χ0n) is 15.0. The average Bonchev–Trinajstić information content (AvgIpc) is 2.64. The first-order valence-corrected chi connectivity index (χ1v) is 10.2. The normalized spacial score (nSPS) is 15.6. The van der Waals surface area contributed by atoms with E-state index in [1.54, 1.807) is 31.3 Å². The van der Waals surface area contributed by atoms with Crippen molar-refractivity contribution in [3.05, 3.63) is 53.2 Å². The summed E-state index contributed by atoms with van der Waals surface area (Å²) in [7, 11) is -3.58. The quantitative estimate of drug-likeness (QED) is 0.893. The Balaban J connectivity index is 1.87. The van der Waals surface area contributed by atoms with Gasteiger partial charge in [-0.2, -0.15) is 4.31 Å². The molecule has 1 aliphatic rings. The lowest BCUT2D eigenvalue weighted by atomic mass is 10.1. The Morgan fingerprint density at radius 3 is 2.46 bits per heavy atom. The summed E-state index contributed by atoms with van der Waals surface area (Å²) < 4.78 is 27.2. The zero-order valence-corrected chi connectivity index (χ0v) is 15.8. The molecule has 0 aliphatic carbocycles. The maximum absolute atomic E-state index is 12.9. The maximum Gasteiger partial charge on any atom is 0.257 e. The molecule has 2 heterocycles. The Kier molecular flexibility index (Phi) is 5.38. The highest BCUT2D eigenvalue weighted by atomic mass is 32.2. The van der Waals surface area contributed by atoms with Crippen molar-refractivity contribution in [1.29, 1.82) is 0 Å². The first-order valence-electron chi connectivity index (χ1n) is 8.73. The zero-order chi connectivity index (χ0) is 18.7. The summed E-state index contributed by atoms with van der Waals surface area (Å²) >= 11 is 0. The number of hydrogen-bond donors (Lipinski definition) is 1. The van der Waals surface area contributed by atoms with Crippen molar-refractivity contribution in [1.82, 2.24) is 9.29 Å². The number of piperidine rings is 1. The summed E-state index contributed by atoms with van der Waals surface area (Å²) in [6, 6.07) is 8.28. The van der Waals surface area contributed by atoms with Crippen molar-refractivity contribution in [2.45, 2.75) is 38.0 Å². The topological polar surface area (TPSA) is 79.4 Å². The lowest BCUT2D eigenvalue weighted by Gasteiger charge is -2.26. The molecule has 0 radical (unpaired) electrons. The molecule has 7 heteroatoms. The molecule has 1 aliphatic heterocycles. The summed E-state index contributed by atoms with van der Waals surface area (Å²) in [6.07, 6.45) is 4.46. The Morgan fingerprint density at radius 1 is 1.08 bits per heavy atom. The predicted octanol–water partition coefficient (Wildman–Crippen LogP) is 3.13. The molecule has 3 rings (SSSR count). The van der Waals surface area contributed by atoms with Crippen LogP contribution in [0.4, 0.5) is 5.82 Å². The van der Waals surface area contributed by atoms with Gasteiger partial charge in [-0.1, -0.05) is 18.6 Å². The van der Waals surface area contributed by atoms with E-state index in [1.165, 1.54) is 10.4 Å². The Bertz CT molecular complexity index is 902. The highest BCUT2D eigenvalue weighted by molar-refractivity contribution is 7.89. The van der Waals surface area contributed by atoms with Gasteiger partial charge in [-0.25, -0.2) is 13.4 Å². The Labute approximate surface area is 154 Å². The van der Waals surface area contributed by atoms with Crippen LogP contribution in [0.15, 0.2) is 41.4 Å². The first kappa shape index (κ1) is 18.5. The van der Waals surface area contributed by atoms with Crippen molar-refractivity contribution in [3.63, 3.8) is 0 Å². The molecule has 1 saturated heterocycles. The number of amides is 1. The molecule has 1 aromatic heterocycles. The molecule has 0 unspecified atom stereocenters. The van der Waals surface area contributed by atoms with Gasteiger partial charge in [-0.05, 0) is 56.0 Å². The minimum absolute atomic E-state index is 0.159. The lowest BCUT2D eigenvalue weighted by molar-refractivity contribution is 0.102. The van der Waals surface area contributed by atoms with Crippen LogP contribution in [0.25, 0.3) is 0 Å². The van der Waals surface area contributed by atoms with E-state index in [-0.39, 0.29) is 10.8 Å². The van der Waals surface area contributed by atoms with Crippen molar-refractivity contribution < 1.29 is 13.2 Å². The van der Waals surface area contributed by atoms with Gasteiger partial charge in [0.2, 0.25) is 10.0 Å². The van der Waals surface area contributed by atoms with Crippen LogP contribution in [-0.2, 0) is 10.0 Å². The minimum Gasteiger partial charge on any atom is -0.307 e. The largest absolute Gasteiger partial charge is 0.307 e. The molecule has 1 N–H and O–H groups in total.